The van der Waals surface area contributed by atoms with Gasteiger partial charge in [-0.05, 0) is 24.3 Å². The first kappa shape index (κ1) is 18.5. The van der Waals surface area contributed by atoms with Crippen molar-refractivity contribution in [1.82, 2.24) is 0 Å². The van der Waals surface area contributed by atoms with E-state index in [0.717, 1.165) is 9.87 Å². The van der Waals surface area contributed by atoms with Crippen LogP contribution in [0.1, 0.15) is 0 Å². The van der Waals surface area contributed by atoms with Crippen LogP contribution >= 0.6 is 0 Å². The molecular formula is C22H18N2O5S. The first-order valence-corrected chi connectivity index (χ1v) is 10.9. The van der Waals surface area contributed by atoms with Crippen LogP contribution in [0.3, 0.4) is 0 Å². The fourth-order valence-electron chi connectivity index (χ4n) is 3.70. The monoisotopic (exact) mass is 422 g/mol. The normalized spacial score (nSPS) is 15.7. The van der Waals surface area contributed by atoms with E-state index in [1.807, 2.05) is 12.1 Å². The molecule has 0 saturated heterocycles. The zero-order valence-corrected chi connectivity index (χ0v) is 16.7. The van der Waals surface area contributed by atoms with Gasteiger partial charge in [0.2, 0.25) is 5.91 Å². The molecule has 8 heteroatoms. The maximum Gasteiger partial charge on any atom is 0.265 e. The lowest BCUT2D eigenvalue weighted by Crippen LogP contribution is -2.40. The number of benzene rings is 3. The summed E-state index contributed by atoms with van der Waals surface area (Å²) in [7, 11) is -3.87. The minimum Gasteiger partial charge on any atom is -0.486 e. The highest BCUT2D eigenvalue weighted by atomic mass is 32.2. The van der Waals surface area contributed by atoms with Gasteiger partial charge < -0.3 is 14.8 Å². The molecule has 0 aromatic heterocycles. The highest BCUT2D eigenvalue weighted by Crippen LogP contribution is 2.42. The van der Waals surface area contributed by atoms with E-state index in [-0.39, 0.29) is 11.4 Å². The second-order valence-electron chi connectivity index (χ2n) is 6.93. The number of nitrogens with zero attached hydrogens (tertiary/aromatic N) is 1. The SMILES string of the molecule is O=C(CN1c2ccccc2-c2ccccc2S1(=O)=O)Nc1ccc2c(c1)OCCO2. The number of amides is 1. The van der Waals surface area contributed by atoms with E-state index in [0.29, 0.717) is 41.7 Å². The van der Waals surface area contributed by atoms with Gasteiger partial charge in [-0.15, -0.1) is 0 Å². The molecule has 0 aliphatic carbocycles. The van der Waals surface area contributed by atoms with E-state index in [9.17, 15) is 13.2 Å². The van der Waals surface area contributed by atoms with Gasteiger partial charge in [-0.3, -0.25) is 9.10 Å². The molecular weight excluding hydrogens is 404 g/mol. The van der Waals surface area contributed by atoms with Crippen molar-refractivity contribution in [3.05, 3.63) is 66.7 Å². The van der Waals surface area contributed by atoms with Crippen LogP contribution in [0, 0.1) is 0 Å². The molecule has 0 unspecified atom stereocenters. The van der Waals surface area contributed by atoms with Gasteiger partial charge in [0, 0.05) is 22.9 Å². The molecule has 1 amide bonds. The van der Waals surface area contributed by atoms with Crippen molar-refractivity contribution in [2.24, 2.45) is 0 Å². The number of nitrogens with one attached hydrogen (secondary N) is 1. The Morgan fingerprint density at radius 2 is 1.60 bits per heavy atom. The number of hydrogen-bond donors (Lipinski definition) is 1. The van der Waals surface area contributed by atoms with Crippen LogP contribution in [0.4, 0.5) is 11.4 Å². The molecule has 0 fully saturated rings. The highest BCUT2D eigenvalue weighted by Gasteiger charge is 2.35. The number of anilines is 2. The summed E-state index contributed by atoms with van der Waals surface area (Å²) in [6.07, 6.45) is 0. The molecule has 2 aliphatic heterocycles. The third kappa shape index (κ3) is 3.05. The Balaban J connectivity index is 1.45. The molecule has 1 N–H and O–H groups in total. The van der Waals surface area contributed by atoms with Crippen LogP contribution in [-0.2, 0) is 14.8 Å². The molecule has 0 atom stereocenters. The van der Waals surface area contributed by atoms with Gasteiger partial charge in [0.15, 0.2) is 11.5 Å². The van der Waals surface area contributed by atoms with E-state index in [2.05, 4.69) is 5.32 Å². The quantitative estimate of drug-likeness (QED) is 0.700. The van der Waals surface area contributed by atoms with Crippen LogP contribution in [0.5, 0.6) is 11.5 Å². The predicted octanol–water partition coefficient (Wildman–Crippen LogP) is 3.27. The summed E-state index contributed by atoms with van der Waals surface area (Å²) >= 11 is 0. The standard InChI is InChI=1S/C22H18N2O5S/c25-22(23-15-9-10-19-20(13-15)29-12-11-28-19)14-24-18-7-3-1-5-16(18)17-6-2-4-8-21(17)30(24,26)27/h1-10,13H,11-12,14H2,(H,23,25). The second kappa shape index (κ2) is 7.07. The summed E-state index contributed by atoms with van der Waals surface area (Å²) in [5.41, 5.74) is 2.40. The van der Waals surface area contributed by atoms with Crippen molar-refractivity contribution in [3.8, 4) is 22.6 Å². The van der Waals surface area contributed by atoms with Gasteiger partial charge in [-0.25, -0.2) is 8.42 Å². The van der Waals surface area contributed by atoms with Gasteiger partial charge in [-0.2, -0.15) is 0 Å². The average molecular weight is 422 g/mol. The lowest BCUT2D eigenvalue weighted by Gasteiger charge is -2.31. The number of carbonyl (C=O) groups excluding carboxylic acids is 1. The summed E-state index contributed by atoms with van der Waals surface area (Å²) < 4.78 is 38.7. The predicted molar refractivity (Wildman–Crippen MR) is 112 cm³/mol. The molecule has 7 nitrogen and oxygen atoms in total. The molecule has 2 heterocycles. The Labute approximate surface area is 173 Å². The number of ether oxygens (including phenoxy) is 2. The third-order valence-corrected chi connectivity index (χ3v) is 6.85. The fraction of sp³-hybridized carbons (Fsp3) is 0.136. The Bertz CT molecular complexity index is 1260. The van der Waals surface area contributed by atoms with E-state index in [1.165, 1.54) is 0 Å². The van der Waals surface area contributed by atoms with E-state index in [1.54, 1.807) is 54.6 Å². The zero-order chi connectivity index (χ0) is 20.7. The number of carbonyl (C=O) groups is 1. The van der Waals surface area contributed by atoms with E-state index in [4.69, 9.17) is 9.47 Å². The summed E-state index contributed by atoms with van der Waals surface area (Å²) in [5, 5.41) is 2.75. The molecule has 5 rings (SSSR count). The largest absolute Gasteiger partial charge is 0.486 e. The van der Waals surface area contributed by atoms with E-state index >= 15 is 0 Å². The molecule has 152 valence electrons. The summed E-state index contributed by atoms with van der Waals surface area (Å²) in [5.74, 6) is 0.705. The fourth-order valence-corrected chi connectivity index (χ4v) is 5.35. The Kier molecular flexibility index (Phi) is 4.36. The lowest BCUT2D eigenvalue weighted by atomic mass is 10.0. The summed E-state index contributed by atoms with van der Waals surface area (Å²) in [4.78, 5) is 13.0. The van der Waals surface area contributed by atoms with Gasteiger partial charge in [0.05, 0.1) is 10.6 Å². The van der Waals surface area contributed by atoms with Crippen molar-refractivity contribution >= 4 is 27.3 Å². The Morgan fingerprint density at radius 1 is 0.900 bits per heavy atom. The maximum absolute atomic E-state index is 13.3. The molecule has 0 saturated carbocycles. The molecule has 0 bridgehead atoms. The third-order valence-electron chi connectivity index (χ3n) is 5.03. The van der Waals surface area contributed by atoms with Crippen molar-refractivity contribution < 1.29 is 22.7 Å². The number of fused-ring (bicyclic) bond motifs is 4. The van der Waals surface area contributed by atoms with Crippen LogP contribution in [0.15, 0.2) is 71.6 Å². The van der Waals surface area contributed by atoms with Crippen LogP contribution in [-0.4, -0.2) is 34.1 Å². The van der Waals surface area contributed by atoms with Gasteiger partial charge >= 0.3 is 0 Å². The topological polar surface area (TPSA) is 84.9 Å². The molecule has 0 spiro atoms. The smallest absolute Gasteiger partial charge is 0.265 e. The second-order valence-corrected chi connectivity index (χ2v) is 8.76. The molecule has 30 heavy (non-hydrogen) atoms. The summed E-state index contributed by atoms with van der Waals surface area (Å²) in [6, 6.07) is 19.1. The number of para-hydroxylation sites is 1. The van der Waals surface area contributed by atoms with Gasteiger partial charge in [0.25, 0.3) is 10.0 Å². The minimum absolute atomic E-state index is 0.191. The Hall–Kier alpha value is -3.52. The van der Waals surface area contributed by atoms with Gasteiger partial charge in [-0.1, -0.05) is 36.4 Å². The van der Waals surface area contributed by atoms with E-state index < -0.39 is 15.9 Å². The van der Waals surface area contributed by atoms with Crippen molar-refractivity contribution in [3.63, 3.8) is 0 Å². The first-order chi connectivity index (χ1) is 14.5. The maximum atomic E-state index is 13.3. The van der Waals surface area contributed by atoms with Crippen molar-refractivity contribution in [2.45, 2.75) is 4.90 Å². The van der Waals surface area contributed by atoms with Crippen LogP contribution < -0.4 is 19.1 Å². The first-order valence-electron chi connectivity index (χ1n) is 9.45. The molecule has 0 radical (unpaired) electrons. The van der Waals surface area contributed by atoms with Crippen LogP contribution in [0.2, 0.25) is 0 Å². The van der Waals surface area contributed by atoms with Crippen molar-refractivity contribution in [2.75, 3.05) is 29.4 Å². The molecule has 3 aromatic carbocycles. The van der Waals surface area contributed by atoms with Crippen molar-refractivity contribution in [1.29, 1.82) is 0 Å². The molecule has 2 aliphatic rings. The highest BCUT2D eigenvalue weighted by molar-refractivity contribution is 7.93. The summed E-state index contributed by atoms with van der Waals surface area (Å²) in [6.45, 7) is 0.571. The number of rotatable bonds is 3. The number of hydrogen-bond acceptors (Lipinski definition) is 5. The van der Waals surface area contributed by atoms with Gasteiger partial charge in [0.1, 0.15) is 19.8 Å². The molecule has 3 aromatic rings. The van der Waals surface area contributed by atoms with Crippen LogP contribution in [0.25, 0.3) is 11.1 Å². The average Bonchev–Trinajstić information content (AvgIpc) is 2.77. The minimum atomic E-state index is -3.87. The zero-order valence-electron chi connectivity index (χ0n) is 15.9. The Morgan fingerprint density at radius 3 is 2.43 bits per heavy atom. The number of sulfonamides is 1. The lowest BCUT2D eigenvalue weighted by molar-refractivity contribution is -0.114.